The minimum Gasteiger partial charge on any atom is -0.434 e. The van der Waals surface area contributed by atoms with E-state index in [0.29, 0.717) is 12.8 Å². The minimum atomic E-state index is -0.965. The molecule has 8 heteroatoms. The Hall–Kier alpha value is -2.77. The Kier molecular flexibility index (Phi) is 8.84. The Balaban J connectivity index is 2.93. The van der Waals surface area contributed by atoms with E-state index in [0.717, 1.165) is 0 Å². The van der Waals surface area contributed by atoms with E-state index in [1.54, 1.807) is 6.92 Å². The van der Waals surface area contributed by atoms with Crippen LogP contribution in [-0.4, -0.2) is 31.5 Å². The second kappa shape index (κ2) is 10.9. The molecule has 0 heterocycles. The van der Waals surface area contributed by atoms with Gasteiger partial charge in [0.25, 0.3) is 0 Å². The molecule has 0 amide bonds. The molecular formula is C17H22O8. The first kappa shape index (κ1) is 20.3. The third-order valence-corrected chi connectivity index (χ3v) is 2.67. The van der Waals surface area contributed by atoms with Gasteiger partial charge in [-0.1, -0.05) is 20.8 Å². The van der Waals surface area contributed by atoms with Crippen LogP contribution in [0.3, 0.4) is 0 Å². The number of carbonyl (C=O) groups is 3. The SMILES string of the molecule is CCCOC(=O)Oc1ccc(OC(=O)CC)cc1OC(=O)OCCC. The van der Waals surface area contributed by atoms with Crippen LogP contribution < -0.4 is 14.2 Å². The molecule has 8 nitrogen and oxygen atoms in total. The average molecular weight is 354 g/mol. The average Bonchev–Trinajstić information content (AvgIpc) is 2.60. The molecule has 1 aromatic carbocycles. The van der Waals surface area contributed by atoms with Crippen molar-refractivity contribution in [3.8, 4) is 17.2 Å². The van der Waals surface area contributed by atoms with Gasteiger partial charge in [0.15, 0.2) is 11.5 Å². The van der Waals surface area contributed by atoms with Gasteiger partial charge in [0.1, 0.15) is 5.75 Å². The van der Waals surface area contributed by atoms with Crippen molar-refractivity contribution in [2.45, 2.75) is 40.0 Å². The topological polar surface area (TPSA) is 97.4 Å². The van der Waals surface area contributed by atoms with E-state index in [1.807, 2.05) is 13.8 Å². The van der Waals surface area contributed by atoms with Crippen LogP contribution in [0.1, 0.15) is 40.0 Å². The second-order valence-corrected chi connectivity index (χ2v) is 4.84. The molecule has 0 saturated carbocycles. The van der Waals surface area contributed by atoms with Crippen molar-refractivity contribution in [1.29, 1.82) is 0 Å². The minimum absolute atomic E-state index is 0.0640. The summed E-state index contributed by atoms with van der Waals surface area (Å²) in [6, 6.07) is 3.98. The summed E-state index contributed by atoms with van der Waals surface area (Å²) in [4.78, 5) is 34.6. The summed E-state index contributed by atoms with van der Waals surface area (Å²) in [5.74, 6) is -0.517. The summed E-state index contributed by atoms with van der Waals surface area (Å²) in [6.45, 7) is 5.68. The maximum absolute atomic E-state index is 11.6. The van der Waals surface area contributed by atoms with E-state index in [2.05, 4.69) is 0 Å². The van der Waals surface area contributed by atoms with Crippen molar-refractivity contribution >= 4 is 18.3 Å². The first-order valence-electron chi connectivity index (χ1n) is 8.04. The molecule has 1 rings (SSSR count). The Morgan fingerprint density at radius 3 is 1.88 bits per heavy atom. The van der Waals surface area contributed by atoms with Crippen LogP contribution >= 0.6 is 0 Å². The molecule has 1 aromatic rings. The first-order chi connectivity index (χ1) is 12.0. The van der Waals surface area contributed by atoms with Crippen molar-refractivity contribution in [2.75, 3.05) is 13.2 Å². The molecular weight excluding hydrogens is 332 g/mol. The summed E-state index contributed by atoms with van der Waals surface area (Å²) in [6.07, 6.45) is -0.473. The van der Waals surface area contributed by atoms with Crippen molar-refractivity contribution < 1.29 is 38.1 Å². The Bertz CT molecular complexity index is 596. The summed E-state index contributed by atoms with van der Waals surface area (Å²) < 4.78 is 24.7. The number of carbonyl (C=O) groups excluding carboxylic acids is 3. The van der Waals surface area contributed by atoms with Crippen LogP contribution in [-0.2, 0) is 14.3 Å². The zero-order chi connectivity index (χ0) is 18.7. The van der Waals surface area contributed by atoms with Gasteiger partial charge in [-0.15, -0.1) is 0 Å². The largest absolute Gasteiger partial charge is 0.513 e. The van der Waals surface area contributed by atoms with Gasteiger partial charge in [-0.2, -0.15) is 0 Å². The molecule has 138 valence electrons. The van der Waals surface area contributed by atoms with E-state index in [-0.39, 0.29) is 36.9 Å². The van der Waals surface area contributed by atoms with Gasteiger partial charge in [-0.3, -0.25) is 4.79 Å². The number of esters is 1. The Labute approximate surface area is 145 Å². The van der Waals surface area contributed by atoms with Gasteiger partial charge >= 0.3 is 18.3 Å². The molecule has 0 atom stereocenters. The molecule has 25 heavy (non-hydrogen) atoms. The normalized spacial score (nSPS) is 9.88. The highest BCUT2D eigenvalue weighted by molar-refractivity contribution is 5.73. The monoisotopic (exact) mass is 354 g/mol. The van der Waals surface area contributed by atoms with E-state index in [4.69, 9.17) is 23.7 Å². The zero-order valence-electron chi connectivity index (χ0n) is 14.5. The molecule has 0 unspecified atom stereocenters. The molecule has 0 aliphatic heterocycles. The Morgan fingerprint density at radius 2 is 1.36 bits per heavy atom. The van der Waals surface area contributed by atoms with Gasteiger partial charge in [0.05, 0.1) is 13.2 Å². The molecule has 0 aliphatic rings. The molecule has 0 aliphatic carbocycles. The molecule has 0 bridgehead atoms. The molecule has 0 aromatic heterocycles. The quantitative estimate of drug-likeness (QED) is 0.394. The highest BCUT2D eigenvalue weighted by Crippen LogP contribution is 2.32. The van der Waals surface area contributed by atoms with E-state index >= 15 is 0 Å². The van der Waals surface area contributed by atoms with Crippen LogP contribution in [0.15, 0.2) is 18.2 Å². The second-order valence-electron chi connectivity index (χ2n) is 4.84. The number of ether oxygens (including phenoxy) is 5. The standard InChI is InChI=1S/C17H22O8/c1-4-9-21-16(19)24-13-8-7-12(23-15(18)6-3)11-14(13)25-17(20)22-10-5-2/h7-8,11H,4-6,9-10H2,1-3H3. The molecule has 0 radical (unpaired) electrons. The Morgan fingerprint density at radius 1 is 0.800 bits per heavy atom. The zero-order valence-corrected chi connectivity index (χ0v) is 14.5. The summed E-state index contributed by atoms with van der Waals surface area (Å²) in [7, 11) is 0. The lowest BCUT2D eigenvalue weighted by Crippen LogP contribution is -2.15. The van der Waals surface area contributed by atoms with Crippen LogP contribution in [0.25, 0.3) is 0 Å². The smallest absolute Gasteiger partial charge is 0.434 e. The summed E-state index contributed by atoms with van der Waals surface area (Å²) in [5, 5.41) is 0. The fourth-order valence-corrected chi connectivity index (χ4v) is 1.53. The lowest BCUT2D eigenvalue weighted by molar-refractivity contribution is -0.134. The predicted molar refractivity (Wildman–Crippen MR) is 86.9 cm³/mol. The van der Waals surface area contributed by atoms with Gasteiger partial charge in [0.2, 0.25) is 0 Å². The third kappa shape index (κ3) is 7.56. The fourth-order valence-electron chi connectivity index (χ4n) is 1.53. The summed E-state index contributed by atoms with van der Waals surface area (Å²) >= 11 is 0. The highest BCUT2D eigenvalue weighted by Gasteiger charge is 2.17. The highest BCUT2D eigenvalue weighted by atomic mass is 16.7. The van der Waals surface area contributed by atoms with Gasteiger partial charge in [-0.05, 0) is 25.0 Å². The van der Waals surface area contributed by atoms with Gasteiger partial charge in [0, 0.05) is 12.5 Å². The first-order valence-corrected chi connectivity index (χ1v) is 8.04. The van der Waals surface area contributed by atoms with E-state index in [1.165, 1.54) is 18.2 Å². The lowest BCUT2D eigenvalue weighted by Gasteiger charge is -2.12. The van der Waals surface area contributed by atoms with Crippen molar-refractivity contribution in [3.63, 3.8) is 0 Å². The van der Waals surface area contributed by atoms with Crippen LogP contribution in [0.2, 0.25) is 0 Å². The maximum Gasteiger partial charge on any atom is 0.513 e. The number of rotatable bonds is 8. The van der Waals surface area contributed by atoms with Gasteiger partial charge in [-0.25, -0.2) is 9.59 Å². The van der Waals surface area contributed by atoms with Crippen LogP contribution in [0.5, 0.6) is 17.2 Å². The van der Waals surface area contributed by atoms with Crippen molar-refractivity contribution in [2.24, 2.45) is 0 Å². The lowest BCUT2D eigenvalue weighted by atomic mass is 10.3. The third-order valence-electron chi connectivity index (χ3n) is 2.67. The fraction of sp³-hybridized carbons (Fsp3) is 0.471. The maximum atomic E-state index is 11.6. The molecule has 0 fully saturated rings. The van der Waals surface area contributed by atoms with E-state index in [9.17, 15) is 14.4 Å². The molecule has 0 spiro atoms. The molecule has 0 N–H and O–H groups in total. The summed E-state index contributed by atoms with van der Waals surface area (Å²) in [5.41, 5.74) is 0. The van der Waals surface area contributed by atoms with Gasteiger partial charge < -0.3 is 23.7 Å². The molecule has 0 saturated heterocycles. The van der Waals surface area contributed by atoms with Crippen LogP contribution in [0.4, 0.5) is 9.59 Å². The van der Waals surface area contributed by atoms with Crippen molar-refractivity contribution in [3.05, 3.63) is 18.2 Å². The van der Waals surface area contributed by atoms with Crippen LogP contribution in [0, 0.1) is 0 Å². The van der Waals surface area contributed by atoms with Crippen molar-refractivity contribution in [1.82, 2.24) is 0 Å². The number of benzene rings is 1. The van der Waals surface area contributed by atoms with E-state index < -0.39 is 18.3 Å². The number of hydrogen-bond acceptors (Lipinski definition) is 8. The predicted octanol–water partition coefficient (Wildman–Crippen LogP) is 3.85. The number of hydrogen-bond donors (Lipinski definition) is 0.